The van der Waals surface area contributed by atoms with Crippen LogP contribution in [-0.2, 0) is 0 Å². The normalized spacial score (nSPS) is 16.1. The molecular formula is C8H16ClN3O. The van der Waals surface area contributed by atoms with Gasteiger partial charge in [-0.25, -0.2) is 0 Å². The fourth-order valence-corrected chi connectivity index (χ4v) is 1.25. The van der Waals surface area contributed by atoms with E-state index >= 15 is 0 Å². The van der Waals surface area contributed by atoms with E-state index in [1.807, 2.05) is 0 Å². The zero-order chi connectivity index (χ0) is 8.81. The molecular weight excluding hydrogens is 190 g/mol. The summed E-state index contributed by atoms with van der Waals surface area (Å²) in [5.74, 6) is 0.811. The van der Waals surface area contributed by atoms with Gasteiger partial charge in [0, 0.05) is 13.1 Å². The third-order valence-electron chi connectivity index (χ3n) is 1.92. The monoisotopic (exact) mass is 205 g/mol. The molecule has 0 aromatic heterocycles. The molecule has 1 heterocycles. The molecule has 0 saturated carbocycles. The van der Waals surface area contributed by atoms with Crippen molar-refractivity contribution in [2.75, 3.05) is 19.6 Å². The minimum absolute atomic E-state index is 0. The lowest BCUT2D eigenvalue weighted by Crippen LogP contribution is -2.29. The second-order valence-corrected chi connectivity index (χ2v) is 2.83. The van der Waals surface area contributed by atoms with E-state index in [9.17, 15) is 0 Å². The van der Waals surface area contributed by atoms with Gasteiger partial charge in [0.2, 0.25) is 0 Å². The van der Waals surface area contributed by atoms with Crippen LogP contribution >= 0.6 is 12.4 Å². The molecule has 76 valence electrons. The summed E-state index contributed by atoms with van der Waals surface area (Å²) in [6.07, 6.45) is 3.75. The van der Waals surface area contributed by atoms with E-state index < -0.39 is 0 Å². The standard InChI is InChI=1S/C8H15N3O.ClH/c1-2-3-5-11-6-4-9-8(11)7-10-12;/h7,12H,2-6H2,1H3;1H/b10-7+;. The summed E-state index contributed by atoms with van der Waals surface area (Å²) in [4.78, 5) is 6.34. The van der Waals surface area contributed by atoms with Crippen LogP contribution in [0.3, 0.4) is 0 Å². The minimum Gasteiger partial charge on any atom is -0.411 e. The van der Waals surface area contributed by atoms with E-state index in [2.05, 4.69) is 22.0 Å². The molecule has 1 N–H and O–H groups in total. The Morgan fingerprint density at radius 3 is 3.08 bits per heavy atom. The fourth-order valence-electron chi connectivity index (χ4n) is 1.25. The van der Waals surface area contributed by atoms with Gasteiger partial charge in [-0.15, -0.1) is 12.4 Å². The Balaban J connectivity index is 0.00000144. The topological polar surface area (TPSA) is 48.2 Å². The van der Waals surface area contributed by atoms with Gasteiger partial charge >= 0.3 is 0 Å². The first-order chi connectivity index (χ1) is 5.88. The molecule has 0 aromatic rings. The summed E-state index contributed by atoms with van der Waals surface area (Å²) in [7, 11) is 0. The Bertz CT molecular complexity index is 194. The molecule has 1 aliphatic heterocycles. The van der Waals surface area contributed by atoms with Crippen LogP contribution in [0.4, 0.5) is 0 Å². The smallest absolute Gasteiger partial charge is 0.145 e. The third-order valence-corrected chi connectivity index (χ3v) is 1.92. The highest BCUT2D eigenvalue weighted by molar-refractivity contribution is 6.29. The van der Waals surface area contributed by atoms with E-state index in [0.29, 0.717) is 0 Å². The lowest BCUT2D eigenvalue weighted by atomic mass is 10.3. The zero-order valence-electron chi connectivity index (χ0n) is 7.81. The van der Waals surface area contributed by atoms with Crippen LogP contribution in [0.5, 0.6) is 0 Å². The van der Waals surface area contributed by atoms with Gasteiger partial charge in [-0.2, -0.15) is 0 Å². The number of unbranched alkanes of at least 4 members (excludes halogenated alkanes) is 1. The Kier molecular flexibility index (Phi) is 6.32. The Labute approximate surface area is 84.7 Å². The average molecular weight is 206 g/mol. The highest BCUT2D eigenvalue weighted by Crippen LogP contribution is 2.02. The van der Waals surface area contributed by atoms with Crippen LogP contribution in [0.25, 0.3) is 0 Å². The molecule has 0 aliphatic carbocycles. The van der Waals surface area contributed by atoms with E-state index in [1.165, 1.54) is 12.6 Å². The summed E-state index contributed by atoms with van der Waals surface area (Å²) < 4.78 is 0. The molecule has 0 atom stereocenters. The fraction of sp³-hybridized carbons (Fsp3) is 0.750. The number of halogens is 1. The molecule has 0 saturated heterocycles. The SMILES string of the molecule is CCCCN1CCN=C1/C=N/O.Cl. The molecule has 13 heavy (non-hydrogen) atoms. The molecule has 1 aliphatic rings. The predicted molar refractivity (Wildman–Crippen MR) is 56.3 cm³/mol. The maximum atomic E-state index is 8.33. The van der Waals surface area contributed by atoms with Gasteiger partial charge in [-0.05, 0) is 6.42 Å². The van der Waals surface area contributed by atoms with Crippen molar-refractivity contribution < 1.29 is 5.21 Å². The molecule has 0 amide bonds. The van der Waals surface area contributed by atoms with E-state index in [1.54, 1.807) is 0 Å². The molecule has 0 spiro atoms. The Morgan fingerprint density at radius 1 is 1.69 bits per heavy atom. The Morgan fingerprint density at radius 2 is 2.46 bits per heavy atom. The number of rotatable bonds is 4. The minimum atomic E-state index is 0. The van der Waals surface area contributed by atoms with Crippen molar-refractivity contribution in [3.63, 3.8) is 0 Å². The zero-order valence-corrected chi connectivity index (χ0v) is 8.63. The van der Waals surface area contributed by atoms with Gasteiger partial charge in [0.1, 0.15) is 12.1 Å². The van der Waals surface area contributed by atoms with Crippen molar-refractivity contribution in [3.05, 3.63) is 0 Å². The maximum Gasteiger partial charge on any atom is 0.145 e. The van der Waals surface area contributed by atoms with Gasteiger partial charge < -0.3 is 10.1 Å². The third kappa shape index (κ3) is 3.63. The van der Waals surface area contributed by atoms with Crippen molar-refractivity contribution in [2.24, 2.45) is 10.1 Å². The van der Waals surface area contributed by atoms with Crippen molar-refractivity contribution >= 4 is 24.5 Å². The maximum absolute atomic E-state index is 8.33. The summed E-state index contributed by atoms with van der Waals surface area (Å²) in [5, 5.41) is 11.3. The van der Waals surface area contributed by atoms with Gasteiger partial charge in [0.25, 0.3) is 0 Å². The van der Waals surface area contributed by atoms with Crippen LogP contribution in [-0.4, -0.2) is 41.8 Å². The molecule has 0 aromatic carbocycles. The van der Waals surface area contributed by atoms with Crippen LogP contribution in [0, 0.1) is 0 Å². The summed E-state index contributed by atoms with van der Waals surface area (Å²) in [5.41, 5.74) is 0. The van der Waals surface area contributed by atoms with Gasteiger partial charge in [-0.1, -0.05) is 18.5 Å². The van der Waals surface area contributed by atoms with Crippen LogP contribution in [0.2, 0.25) is 0 Å². The van der Waals surface area contributed by atoms with Crippen LogP contribution < -0.4 is 0 Å². The number of amidine groups is 1. The van der Waals surface area contributed by atoms with Gasteiger partial charge in [-0.3, -0.25) is 4.99 Å². The first-order valence-electron chi connectivity index (χ1n) is 4.35. The van der Waals surface area contributed by atoms with Crippen molar-refractivity contribution in [2.45, 2.75) is 19.8 Å². The van der Waals surface area contributed by atoms with E-state index in [-0.39, 0.29) is 12.4 Å². The summed E-state index contributed by atoms with van der Waals surface area (Å²) in [6, 6.07) is 0. The quantitative estimate of drug-likeness (QED) is 0.428. The number of hydrogen-bond acceptors (Lipinski definition) is 4. The second kappa shape index (κ2) is 6.71. The predicted octanol–water partition coefficient (Wildman–Crippen LogP) is 1.38. The first kappa shape index (κ1) is 12.2. The highest BCUT2D eigenvalue weighted by atomic mass is 35.5. The molecule has 0 radical (unpaired) electrons. The molecule has 0 unspecified atom stereocenters. The molecule has 1 rings (SSSR count). The number of nitrogens with zero attached hydrogens (tertiary/aromatic N) is 3. The first-order valence-corrected chi connectivity index (χ1v) is 4.35. The van der Waals surface area contributed by atoms with Crippen molar-refractivity contribution in [1.82, 2.24) is 4.90 Å². The molecule has 0 fully saturated rings. The molecule has 0 bridgehead atoms. The lowest BCUT2D eigenvalue weighted by molar-refractivity contribution is 0.321. The summed E-state index contributed by atoms with van der Waals surface area (Å²) >= 11 is 0. The number of oxime groups is 1. The van der Waals surface area contributed by atoms with Crippen molar-refractivity contribution in [1.29, 1.82) is 0 Å². The van der Waals surface area contributed by atoms with E-state index in [0.717, 1.165) is 31.9 Å². The molecule has 5 heteroatoms. The number of hydrogen-bond donors (Lipinski definition) is 1. The van der Waals surface area contributed by atoms with Gasteiger partial charge in [0.15, 0.2) is 0 Å². The van der Waals surface area contributed by atoms with Crippen molar-refractivity contribution in [3.8, 4) is 0 Å². The molecule has 4 nitrogen and oxygen atoms in total. The second-order valence-electron chi connectivity index (χ2n) is 2.83. The van der Waals surface area contributed by atoms with Crippen LogP contribution in [0.1, 0.15) is 19.8 Å². The summed E-state index contributed by atoms with van der Waals surface area (Å²) in [6.45, 7) is 4.96. The largest absolute Gasteiger partial charge is 0.411 e. The van der Waals surface area contributed by atoms with Crippen LogP contribution in [0.15, 0.2) is 10.1 Å². The van der Waals surface area contributed by atoms with Gasteiger partial charge in [0.05, 0.1) is 6.54 Å². The number of aliphatic imine (C=N–C) groups is 1. The van der Waals surface area contributed by atoms with E-state index in [4.69, 9.17) is 5.21 Å². The lowest BCUT2D eigenvalue weighted by Gasteiger charge is -2.16. The average Bonchev–Trinajstić information content (AvgIpc) is 2.50. The Hall–Kier alpha value is -0.770. The highest BCUT2D eigenvalue weighted by Gasteiger charge is 2.13.